The summed E-state index contributed by atoms with van der Waals surface area (Å²) in [5, 5.41) is 0.947. The van der Waals surface area contributed by atoms with Crippen LogP contribution in [-0.4, -0.2) is 30.4 Å². The van der Waals surface area contributed by atoms with Crippen molar-refractivity contribution in [3.8, 4) is 11.5 Å². The van der Waals surface area contributed by atoms with Gasteiger partial charge in [-0.1, -0.05) is 34.5 Å². The van der Waals surface area contributed by atoms with Crippen LogP contribution in [0.3, 0.4) is 0 Å². The van der Waals surface area contributed by atoms with E-state index < -0.39 is 12.0 Å². The van der Waals surface area contributed by atoms with Crippen LogP contribution in [0.1, 0.15) is 44.9 Å². The third kappa shape index (κ3) is 5.46. The topological polar surface area (TPSA) is 79.1 Å². The molecule has 0 radical (unpaired) electrons. The van der Waals surface area contributed by atoms with Crippen molar-refractivity contribution in [3.05, 3.63) is 88.5 Å². The lowest BCUT2D eigenvalue weighted by Crippen LogP contribution is -2.40. The van der Waals surface area contributed by atoms with Crippen LogP contribution < -0.4 is 24.4 Å². The van der Waals surface area contributed by atoms with E-state index >= 15 is 0 Å². The second-order valence-electron chi connectivity index (χ2n) is 8.54. The molecule has 0 saturated carbocycles. The van der Waals surface area contributed by atoms with Gasteiger partial charge in [0.2, 0.25) is 0 Å². The Bertz CT molecular complexity index is 1570. The highest BCUT2D eigenvalue weighted by atomic mass is 35.5. The molecule has 7 nitrogen and oxygen atoms in total. The highest BCUT2D eigenvalue weighted by Crippen LogP contribution is 2.37. The van der Waals surface area contributed by atoms with Crippen LogP contribution in [0.5, 0.6) is 11.5 Å². The summed E-state index contributed by atoms with van der Waals surface area (Å²) in [4.78, 5) is 32.1. The fourth-order valence-corrected chi connectivity index (χ4v) is 5.54. The van der Waals surface area contributed by atoms with Crippen molar-refractivity contribution in [1.82, 2.24) is 4.57 Å². The standard InChI is InChI=1S/C27H26Cl2N2O5S/c1-6-35-26(33)23-15(4)30-27-31(24(23)19-13-18(29)8-10-21(19)34-5)25(32)22(37-27)12-16-11-17(28)7-9-20(16)36-14(2)3/h7-14,24H,6H2,1-5H3/b22-12-/t24-/m0/s1. The van der Waals surface area contributed by atoms with E-state index in [4.69, 9.17) is 37.4 Å². The number of ether oxygens (including phenoxy) is 3. The number of nitrogens with zero attached hydrogens (tertiary/aromatic N) is 2. The van der Waals surface area contributed by atoms with Gasteiger partial charge in [-0.15, -0.1) is 0 Å². The van der Waals surface area contributed by atoms with Crippen molar-refractivity contribution in [2.45, 2.75) is 39.8 Å². The van der Waals surface area contributed by atoms with Gasteiger partial charge in [0.15, 0.2) is 4.80 Å². The van der Waals surface area contributed by atoms with Crippen LogP contribution in [-0.2, 0) is 9.53 Å². The molecule has 0 saturated heterocycles. The first kappa shape index (κ1) is 27.0. The van der Waals surface area contributed by atoms with Crippen molar-refractivity contribution < 1.29 is 19.0 Å². The number of hydrogen-bond donors (Lipinski definition) is 0. The van der Waals surface area contributed by atoms with Crippen molar-refractivity contribution in [2.75, 3.05) is 13.7 Å². The maximum Gasteiger partial charge on any atom is 0.338 e. The molecule has 2 aromatic carbocycles. The highest BCUT2D eigenvalue weighted by Gasteiger charge is 2.35. The zero-order valence-electron chi connectivity index (χ0n) is 21.0. The minimum absolute atomic E-state index is 0.0698. The third-order valence-electron chi connectivity index (χ3n) is 5.62. The molecule has 0 bridgehead atoms. The zero-order chi connectivity index (χ0) is 26.9. The van der Waals surface area contributed by atoms with E-state index in [0.717, 1.165) is 0 Å². The van der Waals surface area contributed by atoms with Gasteiger partial charge in [0.1, 0.15) is 17.5 Å². The molecule has 0 unspecified atom stereocenters. The van der Waals surface area contributed by atoms with Crippen LogP contribution >= 0.6 is 34.5 Å². The fourth-order valence-electron chi connectivity index (χ4n) is 4.14. The first-order valence-electron chi connectivity index (χ1n) is 11.6. The average Bonchev–Trinajstić information content (AvgIpc) is 3.14. The number of thiazole rings is 1. The number of carbonyl (C=O) groups excluding carboxylic acids is 1. The monoisotopic (exact) mass is 560 g/mol. The van der Waals surface area contributed by atoms with Gasteiger partial charge in [-0.2, -0.15) is 0 Å². The number of fused-ring (bicyclic) bond motifs is 1. The Morgan fingerprint density at radius 3 is 2.49 bits per heavy atom. The van der Waals surface area contributed by atoms with Crippen molar-refractivity contribution in [3.63, 3.8) is 0 Å². The highest BCUT2D eigenvalue weighted by molar-refractivity contribution is 7.07. The number of allylic oxidation sites excluding steroid dienone is 1. The van der Waals surface area contributed by atoms with Gasteiger partial charge < -0.3 is 14.2 Å². The molecule has 1 aliphatic rings. The van der Waals surface area contributed by atoms with E-state index in [1.807, 2.05) is 13.8 Å². The van der Waals surface area contributed by atoms with Crippen LogP contribution in [0.2, 0.25) is 10.0 Å². The first-order chi connectivity index (χ1) is 17.6. The zero-order valence-corrected chi connectivity index (χ0v) is 23.3. The SMILES string of the molecule is CCOC(=O)C1=C(C)N=c2s/c(=C\c3cc(Cl)ccc3OC(C)C)c(=O)n2[C@H]1c1cc(Cl)ccc1OC. The van der Waals surface area contributed by atoms with Crippen molar-refractivity contribution >= 4 is 46.6 Å². The van der Waals surface area contributed by atoms with Gasteiger partial charge in [0, 0.05) is 21.2 Å². The van der Waals surface area contributed by atoms with E-state index in [1.165, 1.54) is 23.0 Å². The second-order valence-corrected chi connectivity index (χ2v) is 10.4. The Balaban J connectivity index is 2.01. The molecule has 2 heterocycles. The largest absolute Gasteiger partial charge is 0.496 e. The second kappa shape index (κ2) is 11.1. The van der Waals surface area contributed by atoms with Crippen LogP contribution in [0, 0.1) is 0 Å². The summed E-state index contributed by atoms with van der Waals surface area (Å²) in [7, 11) is 1.52. The molecule has 0 aliphatic carbocycles. The minimum Gasteiger partial charge on any atom is -0.496 e. The van der Waals surface area contributed by atoms with E-state index in [9.17, 15) is 9.59 Å². The molecule has 0 spiro atoms. The molecule has 4 rings (SSSR count). The molecular weight excluding hydrogens is 535 g/mol. The Kier molecular flexibility index (Phi) is 8.11. The molecule has 0 fully saturated rings. The van der Waals surface area contributed by atoms with Gasteiger partial charge >= 0.3 is 5.97 Å². The lowest BCUT2D eigenvalue weighted by atomic mass is 9.95. The number of hydrogen-bond acceptors (Lipinski definition) is 7. The summed E-state index contributed by atoms with van der Waals surface area (Å²) in [6, 6.07) is 9.47. The quantitative estimate of drug-likeness (QED) is 0.384. The summed E-state index contributed by atoms with van der Waals surface area (Å²) in [5.74, 6) is 0.511. The minimum atomic E-state index is -0.850. The van der Waals surface area contributed by atoms with Gasteiger partial charge in [-0.05, 0) is 70.2 Å². The first-order valence-corrected chi connectivity index (χ1v) is 13.2. The van der Waals surface area contributed by atoms with E-state index in [1.54, 1.807) is 56.3 Å². The number of halogens is 2. The van der Waals surface area contributed by atoms with Crippen LogP contribution in [0.15, 0.2) is 57.5 Å². The number of aromatic nitrogens is 1. The molecular formula is C27H26Cl2N2O5S. The smallest absolute Gasteiger partial charge is 0.338 e. The fraction of sp³-hybridized carbons (Fsp3) is 0.296. The van der Waals surface area contributed by atoms with Gasteiger partial charge in [0.25, 0.3) is 5.56 Å². The predicted molar refractivity (Wildman–Crippen MR) is 146 cm³/mol. The maximum absolute atomic E-state index is 13.9. The molecule has 0 N–H and O–H groups in total. The van der Waals surface area contributed by atoms with Crippen LogP contribution in [0.4, 0.5) is 0 Å². The Morgan fingerprint density at radius 1 is 1.16 bits per heavy atom. The summed E-state index contributed by atoms with van der Waals surface area (Å²) >= 11 is 13.8. The molecule has 1 atom stereocenters. The number of benzene rings is 2. The van der Waals surface area contributed by atoms with E-state index in [2.05, 4.69) is 4.99 Å². The Hall–Kier alpha value is -3.07. The lowest BCUT2D eigenvalue weighted by molar-refractivity contribution is -0.139. The predicted octanol–water partition coefficient (Wildman–Crippen LogP) is 4.90. The normalized spacial score (nSPS) is 15.5. The molecule has 1 aliphatic heterocycles. The molecule has 0 amide bonds. The lowest BCUT2D eigenvalue weighted by Gasteiger charge is -2.26. The van der Waals surface area contributed by atoms with Crippen LogP contribution in [0.25, 0.3) is 6.08 Å². The van der Waals surface area contributed by atoms with Crippen molar-refractivity contribution in [1.29, 1.82) is 0 Å². The maximum atomic E-state index is 13.9. The molecule has 194 valence electrons. The van der Waals surface area contributed by atoms with Gasteiger partial charge in [-0.3, -0.25) is 9.36 Å². The number of carbonyl (C=O) groups is 1. The van der Waals surface area contributed by atoms with E-state index in [0.29, 0.717) is 47.7 Å². The molecule has 3 aromatic rings. The summed E-state index contributed by atoms with van der Waals surface area (Å²) in [6.45, 7) is 7.46. The third-order valence-corrected chi connectivity index (χ3v) is 7.08. The van der Waals surface area contributed by atoms with Gasteiger partial charge in [0.05, 0.1) is 35.6 Å². The number of esters is 1. The number of rotatable bonds is 7. The summed E-state index contributed by atoms with van der Waals surface area (Å²) in [6.07, 6.45) is 1.66. The van der Waals surface area contributed by atoms with Crippen molar-refractivity contribution in [2.24, 2.45) is 4.99 Å². The Morgan fingerprint density at radius 2 is 1.84 bits per heavy atom. The Labute approximate surface area is 228 Å². The molecule has 10 heteroatoms. The van der Waals surface area contributed by atoms with Gasteiger partial charge in [-0.25, -0.2) is 9.79 Å². The average molecular weight is 561 g/mol. The summed E-state index contributed by atoms with van der Waals surface area (Å²) < 4.78 is 18.7. The molecule has 1 aromatic heterocycles. The summed E-state index contributed by atoms with van der Waals surface area (Å²) in [5.41, 5.74) is 1.56. The number of methoxy groups -OCH3 is 1. The molecule has 37 heavy (non-hydrogen) atoms. The van der Waals surface area contributed by atoms with E-state index in [-0.39, 0.29) is 23.8 Å².